The molecule has 168 valence electrons. The lowest BCUT2D eigenvalue weighted by Gasteiger charge is -2.30. The molecular weight excluding hydrogens is 394 g/mol. The highest BCUT2D eigenvalue weighted by atomic mass is 16.4. The van der Waals surface area contributed by atoms with Crippen molar-refractivity contribution < 1.29 is 14.7 Å². The number of nitrogens with one attached hydrogen (secondary N) is 2. The lowest BCUT2D eigenvalue weighted by Crippen LogP contribution is -2.32. The number of hydrogen-bond donors (Lipinski definition) is 3. The van der Waals surface area contributed by atoms with E-state index in [1.165, 1.54) is 0 Å². The third kappa shape index (κ3) is 8.24. The third-order valence-corrected chi connectivity index (χ3v) is 4.49. The first-order valence-electron chi connectivity index (χ1n) is 10.6. The Labute approximate surface area is 184 Å². The number of rotatable bonds is 10. The molecule has 0 bridgehead atoms. The molecule has 1 aromatic carbocycles. The molecule has 2 aromatic rings. The molecule has 2 amide bonds. The average molecular weight is 428 g/mol. The number of urea groups is 1. The molecule has 3 N–H and O–H groups in total. The van der Waals surface area contributed by atoms with Gasteiger partial charge in [0.15, 0.2) is 0 Å². The Hall–Kier alpha value is -3.16. The van der Waals surface area contributed by atoms with Gasteiger partial charge in [-0.05, 0) is 42.9 Å². The maximum atomic E-state index is 12.7. The Kier molecular flexibility index (Phi) is 8.78. The first-order chi connectivity index (χ1) is 14.6. The number of aryl methyl sites for hydroxylation is 2. The number of anilines is 3. The molecule has 8 heteroatoms. The maximum absolute atomic E-state index is 12.7. The molecule has 1 aromatic heterocycles. The van der Waals surface area contributed by atoms with Crippen LogP contribution in [0.3, 0.4) is 0 Å². The highest BCUT2D eigenvalue weighted by Gasteiger charge is 2.17. The molecule has 0 atom stereocenters. The minimum Gasteiger partial charge on any atom is -0.481 e. The molecule has 0 radical (unpaired) electrons. The second-order valence-electron chi connectivity index (χ2n) is 8.54. The lowest BCUT2D eigenvalue weighted by atomic mass is 10.1. The van der Waals surface area contributed by atoms with Crippen LogP contribution in [0.1, 0.15) is 45.5 Å². The number of aromatic nitrogens is 2. The molecule has 0 unspecified atom stereocenters. The Bertz CT molecular complexity index is 871. The van der Waals surface area contributed by atoms with Crippen molar-refractivity contribution in [2.45, 2.75) is 47.5 Å². The zero-order valence-corrected chi connectivity index (χ0v) is 19.0. The van der Waals surface area contributed by atoms with Gasteiger partial charge in [-0.1, -0.05) is 33.8 Å². The van der Waals surface area contributed by atoms with Gasteiger partial charge in [-0.15, -0.1) is 0 Å². The van der Waals surface area contributed by atoms with E-state index in [9.17, 15) is 9.59 Å². The quantitative estimate of drug-likeness (QED) is 0.513. The van der Waals surface area contributed by atoms with E-state index >= 15 is 0 Å². The van der Waals surface area contributed by atoms with Crippen LogP contribution in [0.2, 0.25) is 0 Å². The fourth-order valence-corrected chi connectivity index (χ4v) is 3.26. The number of carboxylic acid groups (broad SMARTS) is 1. The summed E-state index contributed by atoms with van der Waals surface area (Å²) < 4.78 is 0. The summed E-state index contributed by atoms with van der Waals surface area (Å²) in [4.78, 5) is 34.1. The van der Waals surface area contributed by atoms with Crippen molar-refractivity contribution in [3.63, 3.8) is 0 Å². The van der Waals surface area contributed by atoms with Gasteiger partial charge < -0.3 is 20.6 Å². The summed E-state index contributed by atoms with van der Waals surface area (Å²) in [5.74, 6) is 0.656. The molecule has 0 saturated heterocycles. The Balaban J connectivity index is 2.31. The van der Waals surface area contributed by atoms with Crippen molar-refractivity contribution in [3.05, 3.63) is 42.0 Å². The van der Waals surface area contributed by atoms with Gasteiger partial charge in [0, 0.05) is 19.5 Å². The van der Waals surface area contributed by atoms with Crippen molar-refractivity contribution in [1.82, 2.24) is 9.97 Å². The SMILES string of the molecule is Cc1ncc(NC(=O)Nc2cc(CCC(=O)O)ccc2N(CC(C)C)CC(C)C)cn1. The first kappa shape index (κ1) is 24.1. The van der Waals surface area contributed by atoms with Crippen LogP contribution in [-0.4, -0.2) is 40.2 Å². The van der Waals surface area contributed by atoms with Crippen molar-refractivity contribution in [3.8, 4) is 0 Å². The minimum absolute atomic E-state index is 0.0351. The molecular formula is C23H33N5O3. The van der Waals surface area contributed by atoms with Crippen molar-refractivity contribution in [2.24, 2.45) is 11.8 Å². The number of hydrogen-bond acceptors (Lipinski definition) is 5. The highest BCUT2D eigenvalue weighted by Crippen LogP contribution is 2.29. The van der Waals surface area contributed by atoms with Crippen LogP contribution < -0.4 is 15.5 Å². The van der Waals surface area contributed by atoms with Gasteiger partial charge in [0.2, 0.25) is 0 Å². The van der Waals surface area contributed by atoms with Crippen molar-refractivity contribution in [1.29, 1.82) is 0 Å². The summed E-state index contributed by atoms with van der Waals surface area (Å²) in [5.41, 5.74) is 2.91. The van der Waals surface area contributed by atoms with E-state index < -0.39 is 12.0 Å². The van der Waals surface area contributed by atoms with Gasteiger partial charge in [0.25, 0.3) is 0 Å². The van der Waals surface area contributed by atoms with Crippen LogP contribution in [0, 0.1) is 18.8 Å². The third-order valence-electron chi connectivity index (χ3n) is 4.49. The topological polar surface area (TPSA) is 107 Å². The predicted molar refractivity (Wildman–Crippen MR) is 124 cm³/mol. The summed E-state index contributed by atoms with van der Waals surface area (Å²) in [6.07, 6.45) is 3.53. The summed E-state index contributed by atoms with van der Waals surface area (Å²) in [6, 6.07) is 5.35. The Morgan fingerprint density at radius 3 is 2.19 bits per heavy atom. The fraction of sp³-hybridized carbons (Fsp3) is 0.478. The summed E-state index contributed by atoms with van der Waals surface area (Å²) in [5, 5.41) is 14.7. The summed E-state index contributed by atoms with van der Waals surface area (Å²) >= 11 is 0. The van der Waals surface area contributed by atoms with Gasteiger partial charge in [0.1, 0.15) is 5.82 Å². The molecule has 0 saturated carbocycles. The van der Waals surface area contributed by atoms with Crippen LogP contribution in [0.25, 0.3) is 0 Å². The van der Waals surface area contributed by atoms with E-state index in [2.05, 4.69) is 53.2 Å². The van der Waals surface area contributed by atoms with E-state index in [-0.39, 0.29) is 6.42 Å². The van der Waals surface area contributed by atoms with Crippen LogP contribution in [0.4, 0.5) is 21.9 Å². The van der Waals surface area contributed by atoms with E-state index in [1.54, 1.807) is 19.3 Å². The molecule has 0 aliphatic rings. The first-order valence-corrected chi connectivity index (χ1v) is 10.6. The Morgan fingerprint density at radius 2 is 1.65 bits per heavy atom. The summed E-state index contributed by atoms with van der Waals surface area (Å²) in [6.45, 7) is 12.1. The smallest absolute Gasteiger partial charge is 0.323 e. The minimum atomic E-state index is -0.850. The number of carbonyl (C=O) groups excluding carboxylic acids is 1. The largest absolute Gasteiger partial charge is 0.481 e. The number of benzene rings is 1. The van der Waals surface area contributed by atoms with E-state index in [0.717, 1.165) is 24.3 Å². The zero-order chi connectivity index (χ0) is 23.0. The van der Waals surface area contributed by atoms with E-state index in [1.807, 2.05) is 18.2 Å². The average Bonchev–Trinajstić information content (AvgIpc) is 2.67. The normalized spacial score (nSPS) is 10.9. The maximum Gasteiger partial charge on any atom is 0.323 e. The molecule has 0 aliphatic carbocycles. The van der Waals surface area contributed by atoms with Crippen LogP contribution in [0.15, 0.2) is 30.6 Å². The van der Waals surface area contributed by atoms with Gasteiger partial charge in [0.05, 0.1) is 29.5 Å². The molecule has 0 aliphatic heterocycles. The molecule has 31 heavy (non-hydrogen) atoms. The predicted octanol–water partition coefficient (Wildman–Crippen LogP) is 4.56. The van der Waals surface area contributed by atoms with Gasteiger partial charge in [-0.2, -0.15) is 0 Å². The van der Waals surface area contributed by atoms with Crippen molar-refractivity contribution in [2.75, 3.05) is 28.6 Å². The van der Waals surface area contributed by atoms with E-state index in [0.29, 0.717) is 35.5 Å². The number of carbonyl (C=O) groups is 2. The molecule has 8 nitrogen and oxygen atoms in total. The van der Waals surface area contributed by atoms with Gasteiger partial charge in [-0.25, -0.2) is 14.8 Å². The fourth-order valence-electron chi connectivity index (χ4n) is 3.26. The highest BCUT2D eigenvalue weighted by molar-refractivity contribution is 6.01. The standard InChI is InChI=1S/C23H33N5O3/c1-15(2)13-28(14-16(3)4)21-8-6-18(7-9-22(29)30)10-20(21)27-23(31)26-19-11-24-17(5)25-12-19/h6,8,10-12,15-16H,7,9,13-14H2,1-5H3,(H,29,30)(H2,26,27,31). The molecule has 2 rings (SSSR count). The second kappa shape index (κ2) is 11.3. The number of nitrogens with zero attached hydrogens (tertiary/aromatic N) is 3. The van der Waals surface area contributed by atoms with E-state index in [4.69, 9.17) is 5.11 Å². The van der Waals surface area contributed by atoms with Crippen LogP contribution >= 0.6 is 0 Å². The number of carboxylic acids is 1. The zero-order valence-electron chi connectivity index (χ0n) is 19.0. The lowest BCUT2D eigenvalue weighted by molar-refractivity contribution is -0.136. The number of amides is 2. The molecule has 0 spiro atoms. The van der Waals surface area contributed by atoms with Gasteiger partial charge >= 0.3 is 12.0 Å². The van der Waals surface area contributed by atoms with Crippen molar-refractivity contribution >= 4 is 29.1 Å². The molecule has 0 fully saturated rings. The number of aliphatic carboxylic acids is 1. The van der Waals surface area contributed by atoms with Crippen LogP contribution in [-0.2, 0) is 11.2 Å². The Morgan fingerprint density at radius 1 is 1.03 bits per heavy atom. The molecule has 1 heterocycles. The summed E-state index contributed by atoms with van der Waals surface area (Å²) in [7, 11) is 0. The monoisotopic (exact) mass is 427 g/mol. The second-order valence-corrected chi connectivity index (χ2v) is 8.54. The van der Waals surface area contributed by atoms with Gasteiger partial charge in [-0.3, -0.25) is 4.79 Å². The van der Waals surface area contributed by atoms with Crippen LogP contribution in [0.5, 0.6) is 0 Å².